The van der Waals surface area contributed by atoms with Gasteiger partial charge in [0.1, 0.15) is 17.1 Å². The number of aromatic nitrogens is 2. The fourth-order valence-corrected chi connectivity index (χ4v) is 2.80. The van der Waals surface area contributed by atoms with Gasteiger partial charge in [0.05, 0.1) is 12.8 Å². The minimum absolute atomic E-state index is 0.00475. The number of nitrogens with zero attached hydrogens (tertiary/aromatic N) is 2. The van der Waals surface area contributed by atoms with Crippen molar-refractivity contribution in [3.8, 4) is 5.75 Å². The van der Waals surface area contributed by atoms with Crippen molar-refractivity contribution >= 4 is 23.1 Å². The van der Waals surface area contributed by atoms with Crippen LogP contribution < -0.4 is 15.4 Å². The monoisotopic (exact) mass is 416 g/mol. The van der Waals surface area contributed by atoms with Gasteiger partial charge >= 0.3 is 6.18 Å². The molecule has 1 aromatic heterocycles. The van der Waals surface area contributed by atoms with E-state index in [9.17, 15) is 13.2 Å². The zero-order valence-electron chi connectivity index (χ0n) is 17.1. The van der Waals surface area contributed by atoms with Gasteiger partial charge < -0.3 is 15.4 Å². The van der Waals surface area contributed by atoms with E-state index in [-0.39, 0.29) is 17.2 Å². The zero-order valence-corrected chi connectivity index (χ0v) is 17.1. The number of alkyl halides is 3. The lowest BCUT2D eigenvalue weighted by molar-refractivity contribution is -0.137. The molecule has 1 heterocycles. The Labute approximate surface area is 173 Å². The normalized spacial score (nSPS) is 11.8. The van der Waals surface area contributed by atoms with Crippen LogP contribution in [0.25, 0.3) is 0 Å². The van der Waals surface area contributed by atoms with Crippen LogP contribution in [0, 0.1) is 0 Å². The molecule has 30 heavy (non-hydrogen) atoms. The highest BCUT2D eigenvalue weighted by atomic mass is 19.4. The Bertz CT molecular complexity index is 1010. The van der Waals surface area contributed by atoms with Crippen LogP contribution in [-0.4, -0.2) is 17.1 Å². The Morgan fingerprint density at radius 3 is 2.17 bits per heavy atom. The van der Waals surface area contributed by atoms with Gasteiger partial charge in [-0.1, -0.05) is 45.0 Å². The molecule has 0 bridgehead atoms. The average Bonchev–Trinajstić information content (AvgIpc) is 2.67. The van der Waals surface area contributed by atoms with Crippen LogP contribution >= 0.6 is 0 Å². The number of anilines is 4. The SMILES string of the molecule is COc1ccccc1Nc1nc(Nc2ccc(C(C)(C)C)cc2)ncc1C(F)(F)F. The third-order valence-electron chi connectivity index (χ3n) is 4.46. The minimum atomic E-state index is -4.61. The molecule has 0 fully saturated rings. The van der Waals surface area contributed by atoms with Crippen molar-refractivity contribution in [1.29, 1.82) is 0 Å². The van der Waals surface area contributed by atoms with Crippen molar-refractivity contribution in [3.63, 3.8) is 0 Å². The highest BCUT2D eigenvalue weighted by Gasteiger charge is 2.35. The van der Waals surface area contributed by atoms with Gasteiger partial charge in [-0.2, -0.15) is 18.2 Å². The molecule has 0 saturated carbocycles. The summed E-state index contributed by atoms with van der Waals surface area (Å²) >= 11 is 0. The van der Waals surface area contributed by atoms with Gasteiger partial charge in [0.25, 0.3) is 0 Å². The number of hydrogen-bond donors (Lipinski definition) is 2. The van der Waals surface area contributed by atoms with Gasteiger partial charge in [0.15, 0.2) is 0 Å². The molecule has 3 rings (SSSR count). The smallest absolute Gasteiger partial charge is 0.421 e. The summed E-state index contributed by atoms with van der Waals surface area (Å²) in [5.74, 6) is 0.0798. The number of benzene rings is 2. The Morgan fingerprint density at radius 1 is 0.900 bits per heavy atom. The molecule has 8 heteroatoms. The predicted octanol–water partition coefficient (Wildman–Crippen LogP) is 6.29. The van der Waals surface area contributed by atoms with Crippen LogP contribution in [0.3, 0.4) is 0 Å². The third kappa shape index (κ3) is 5.00. The summed E-state index contributed by atoms with van der Waals surface area (Å²) in [6, 6.07) is 14.3. The molecule has 0 saturated heterocycles. The quantitative estimate of drug-likeness (QED) is 0.512. The lowest BCUT2D eigenvalue weighted by Gasteiger charge is -2.19. The molecule has 3 aromatic rings. The molecule has 5 nitrogen and oxygen atoms in total. The topological polar surface area (TPSA) is 59.1 Å². The van der Waals surface area contributed by atoms with E-state index in [4.69, 9.17) is 4.74 Å². The fourth-order valence-electron chi connectivity index (χ4n) is 2.80. The number of ether oxygens (including phenoxy) is 1. The van der Waals surface area contributed by atoms with Crippen LogP contribution in [0.4, 0.5) is 36.3 Å². The molecule has 0 unspecified atom stereocenters. The van der Waals surface area contributed by atoms with Crippen molar-refractivity contribution in [2.24, 2.45) is 0 Å². The molecule has 0 aliphatic heterocycles. The summed E-state index contributed by atoms with van der Waals surface area (Å²) < 4.78 is 45.6. The van der Waals surface area contributed by atoms with E-state index in [0.717, 1.165) is 11.8 Å². The van der Waals surface area contributed by atoms with Crippen LogP contribution in [0.2, 0.25) is 0 Å². The van der Waals surface area contributed by atoms with E-state index in [1.807, 2.05) is 24.3 Å². The van der Waals surface area contributed by atoms with E-state index < -0.39 is 11.7 Å². The summed E-state index contributed by atoms with van der Waals surface area (Å²) in [5, 5.41) is 5.67. The molecule has 0 aliphatic carbocycles. The van der Waals surface area contributed by atoms with Crippen LogP contribution in [0.5, 0.6) is 5.75 Å². The van der Waals surface area contributed by atoms with Crippen molar-refractivity contribution in [3.05, 3.63) is 65.9 Å². The Balaban J connectivity index is 1.93. The number of halogens is 3. The first-order valence-electron chi connectivity index (χ1n) is 9.30. The zero-order chi connectivity index (χ0) is 21.9. The highest BCUT2D eigenvalue weighted by Crippen LogP contribution is 2.37. The standard InChI is InChI=1S/C22H23F3N4O/c1-21(2,3)14-9-11-15(12-10-14)27-20-26-13-16(22(23,24)25)19(29-20)28-17-7-5-6-8-18(17)30-4/h5-13H,1-4H3,(H2,26,27,28,29). The average molecular weight is 416 g/mol. The number of para-hydroxylation sites is 2. The molecule has 0 amide bonds. The first-order valence-corrected chi connectivity index (χ1v) is 9.30. The lowest BCUT2D eigenvalue weighted by Crippen LogP contribution is -2.13. The number of methoxy groups -OCH3 is 1. The summed E-state index contributed by atoms with van der Waals surface area (Å²) in [4.78, 5) is 7.91. The summed E-state index contributed by atoms with van der Waals surface area (Å²) in [6.07, 6.45) is -3.85. The molecular weight excluding hydrogens is 393 g/mol. The summed E-state index contributed by atoms with van der Waals surface area (Å²) in [5.41, 5.74) is 1.20. The van der Waals surface area contributed by atoms with E-state index in [0.29, 0.717) is 17.1 Å². The van der Waals surface area contributed by atoms with Crippen molar-refractivity contribution in [2.75, 3.05) is 17.7 Å². The first-order chi connectivity index (χ1) is 14.1. The van der Waals surface area contributed by atoms with Crippen molar-refractivity contribution in [2.45, 2.75) is 32.4 Å². The Kier molecular flexibility index (Phi) is 5.87. The second-order valence-electron chi connectivity index (χ2n) is 7.73. The largest absolute Gasteiger partial charge is 0.495 e. The maximum absolute atomic E-state index is 13.5. The van der Waals surface area contributed by atoms with E-state index >= 15 is 0 Å². The van der Waals surface area contributed by atoms with Gasteiger partial charge in [-0.05, 0) is 35.2 Å². The van der Waals surface area contributed by atoms with Gasteiger partial charge in [0, 0.05) is 11.9 Å². The van der Waals surface area contributed by atoms with E-state index in [2.05, 4.69) is 41.4 Å². The fraction of sp³-hybridized carbons (Fsp3) is 0.273. The summed E-state index contributed by atoms with van der Waals surface area (Å²) in [7, 11) is 1.44. The van der Waals surface area contributed by atoms with Gasteiger partial charge in [0.2, 0.25) is 5.95 Å². The number of nitrogens with one attached hydrogen (secondary N) is 2. The molecular formula is C22H23F3N4O. The number of hydrogen-bond acceptors (Lipinski definition) is 5. The predicted molar refractivity (Wildman–Crippen MR) is 112 cm³/mol. The Morgan fingerprint density at radius 2 is 1.57 bits per heavy atom. The molecule has 0 spiro atoms. The number of rotatable bonds is 5. The van der Waals surface area contributed by atoms with Gasteiger partial charge in [-0.3, -0.25) is 0 Å². The van der Waals surface area contributed by atoms with Crippen LogP contribution in [0.15, 0.2) is 54.7 Å². The Hall–Kier alpha value is -3.29. The maximum Gasteiger partial charge on any atom is 0.421 e. The lowest BCUT2D eigenvalue weighted by atomic mass is 9.87. The highest BCUT2D eigenvalue weighted by molar-refractivity contribution is 5.67. The van der Waals surface area contributed by atoms with Gasteiger partial charge in [-0.25, -0.2) is 4.98 Å². The molecule has 0 aliphatic rings. The van der Waals surface area contributed by atoms with Crippen molar-refractivity contribution in [1.82, 2.24) is 9.97 Å². The molecule has 2 aromatic carbocycles. The van der Waals surface area contributed by atoms with Crippen molar-refractivity contribution < 1.29 is 17.9 Å². The molecule has 158 valence electrons. The second kappa shape index (κ2) is 8.22. The molecule has 2 N–H and O–H groups in total. The summed E-state index contributed by atoms with van der Waals surface area (Å²) in [6.45, 7) is 6.30. The van der Waals surface area contributed by atoms with E-state index in [1.165, 1.54) is 7.11 Å². The third-order valence-corrected chi connectivity index (χ3v) is 4.46. The molecule has 0 atom stereocenters. The van der Waals surface area contributed by atoms with Gasteiger partial charge in [-0.15, -0.1) is 0 Å². The minimum Gasteiger partial charge on any atom is -0.495 e. The second-order valence-corrected chi connectivity index (χ2v) is 7.73. The van der Waals surface area contributed by atoms with Crippen LogP contribution in [0.1, 0.15) is 31.9 Å². The first kappa shape index (κ1) is 21.4. The molecule has 0 radical (unpaired) electrons. The maximum atomic E-state index is 13.5. The van der Waals surface area contributed by atoms with E-state index in [1.54, 1.807) is 24.3 Å². The van der Waals surface area contributed by atoms with Crippen LogP contribution in [-0.2, 0) is 11.6 Å².